The molecular weight excluding hydrogens is 304 g/mol. The Hall–Kier alpha value is -1.46. The minimum atomic E-state index is -0.510. The Labute approximate surface area is 139 Å². The molecule has 0 aromatic heterocycles. The third kappa shape index (κ3) is 6.54. The Morgan fingerprint density at radius 2 is 2.05 bits per heavy atom. The summed E-state index contributed by atoms with van der Waals surface area (Å²) in [7, 11) is 1.58. The molecule has 0 bridgehead atoms. The van der Waals surface area contributed by atoms with Crippen LogP contribution in [0.15, 0.2) is 18.2 Å². The molecule has 1 rings (SSSR count). The van der Waals surface area contributed by atoms with Gasteiger partial charge in [0.2, 0.25) is 5.91 Å². The summed E-state index contributed by atoms with van der Waals surface area (Å²) in [6.45, 7) is 4.72. The number of anilines is 1. The summed E-state index contributed by atoms with van der Waals surface area (Å²) in [5.41, 5.74) is 6.43. The lowest BCUT2D eigenvalue weighted by Gasteiger charge is -2.16. The van der Waals surface area contributed by atoms with E-state index in [1.165, 1.54) is 0 Å². The largest absolute Gasteiger partial charge is 0.497 e. The fraction of sp³-hybridized carbons (Fsp3) is 0.562. The molecule has 0 heterocycles. The number of rotatable bonds is 9. The van der Waals surface area contributed by atoms with Gasteiger partial charge in [-0.1, -0.05) is 26.7 Å². The number of hydrogen-bond donors (Lipinski definition) is 2. The van der Waals surface area contributed by atoms with Crippen LogP contribution in [0.5, 0.6) is 11.5 Å². The number of halogens is 1. The summed E-state index contributed by atoms with van der Waals surface area (Å²) in [5, 5.41) is 2.83. The first kappa shape index (κ1) is 20.5. The van der Waals surface area contributed by atoms with Gasteiger partial charge >= 0.3 is 0 Å². The fourth-order valence-electron chi connectivity index (χ4n) is 1.85. The minimum Gasteiger partial charge on any atom is -0.497 e. The highest BCUT2D eigenvalue weighted by atomic mass is 35.5. The van der Waals surface area contributed by atoms with Gasteiger partial charge in [0.05, 0.1) is 25.4 Å². The number of carbonyl (C=O) groups is 1. The summed E-state index contributed by atoms with van der Waals surface area (Å²) in [4.78, 5) is 12.1. The van der Waals surface area contributed by atoms with Crippen LogP contribution in [0.25, 0.3) is 0 Å². The maximum Gasteiger partial charge on any atom is 0.241 e. The zero-order valence-corrected chi connectivity index (χ0v) is 14.4. The number of ether oxygens (including phenoxy) is 2. The molecule has 5 nitrogen and oxygen atoms in total. The molecule has 0 saturated carbocycles. The van der Waals surface area contributed by atoms with Gasteiger partial charge < -0.3 is 20.5 Å². The van der Waals surface area contributed by atoms with Crippen molar-refractivity contribution in [1.82, 2.24) is 0 Å². The quantitative estimate of drug-likeness (QED) is 0.681. The third-order valence-electron chi connectivity index (χ3n) is 3.14. The van der Waals surface area contributed by atoms with Crippen LogP contribution in [0.4, 0.5) is 5.69 Å². The van der Waals surface area contributed by atoms with Crippen LogP contribution in [0, 0.1) is 0 Å². The smallest absolute Gasteiger partial charge is 0.241 e. The topological polar surface area (TPSA) is 73.6 Å². The van der Waals surface area contributed by atoms with E-state index in [1.54, 1.807) is 19.2 Å². The average Bonchev–Trinajstić information content (AvgIpc) is 2.49. The molecule has 1 amide bonds. The standard InChI is InChI=1S/C16H26N2O3.ClH/c1-4-6-10-21-15-9-8-12(20-3)11-14(15)18-16(19)13(17)7-5-2;/h8-9,11,13H,4-7,10,17H2,1-3H3,(H,18,19);1H. The Balaban J connectivity index is 0.00000441. The number of nitrogens with one attached hydrogen (secondary N) is 1. The fourth-order valence-corrected chi connectivity index (χ4v) is 1.85. The molecule has 0 spiro atoms. The van der Waals surface area contributed by atoms with E-state index < -0.39 is 6.04 Å². The number of benzene rings is 1. The number of nitrogens with two attached hydrogens (primary N) is 1. The van der Waals surface area contributed by atoms with Crippen LogP contribution in [0.1, 0.15) is 39.5 Å². The summed E-state index contributed by atoms with van der Waals surface area (Å²) in [5.74, 6) is 1.10. The number of methoxy groups -OCH3 is 1. The second-order valence-corrected chi connectivity index (χ2v) is 4.95. The normalized spacial score (nSPS) is 11.3. The molecule has 1 unspecified atom stereocenters. The third-order valence-corrected chi connectivity index (χ3v) is 3.14. The molecule has 1 aromatic carbocycles. The number of unbranched alkanes of at least 4 members (excludes halogenated alkanes) is 1. The van der Waals surface area contributed by atoms with Gasteiger partial charge in [0.25, 0.3) is 0 Å². The van der Waals surface area contributed by atoms with Crippen molar-refractivity contribution in [2.45, 2.75) is 45.6 Å². The number of carbonyl (C=O) groups excluding carboxylic acids is 1. The summed E-state index contributed by atoms with van der Waals surface area (Å²) >= 11 is 0. The first-order chi connectivity index (χ1) is 10.1. The van der Waals surface area contributed by atoms with Gasteiger partial charge in [-0.05, 0) is 25.0 Å². The van der Waals surface area contributed by atoms with Crippen LogP contribution in [-0.2, 0) is 4.79 Å². The van der Waals surface area contributed by atoms with E-state index in [1.807, 2.05) is 13.0 Å². The van der Waals surface area contributed by atoms with E-state index in [9.17, 15) is 4.79 Å². The molecule has 1 atom stereocenters. The number of amides is 1. The van der Waals surface area contributed by atoms with Crippen molar-refractivity contribution < 1.29 is 14.3 Å². The molecule has 0 aliphatic rings. The van der Waals surface area contributed by atoms with Crippen molar-refractivity contribution in [2.75, 3.05) is 19.0 Å². The molecule has 6 heteroatoms. The van der Waals surface area contributed by atoms with Crippen LogP contribution in [0.3, 0.4) is 0 Å². The highest BCUT2D eigenvalue weighted by Gasteiger charge is 2.15. The van der Waals surface area contributed by atoms with Crippen LogP contribution in [-0.4, -0.2) is 25.7 Å². The van der Waals surface area contributed by atoms with Gasteiger partial charge in [-0.2, -0.15) is 0 Å². The average molecular weight is 331 g/mol. The van der Waals surface area contributed by atoms with E-state index in [-0.39, 0.29) is 18.3 Å². The zero-order chi connectivity index (χ0) is 15.7. The SMILES string of the molecule is CCCCOc1ccc(OC)cc1NC(=O)C(N)CCC.Cl. The molecule has 0 aliphatic carbocycles. The van der Waals surface area contributed by atoms with Gasteiger partial charge in [0, 0.05) is 6.07 Å². The van der Waals surface area contributed by atoms with Gasteiger partial charge in [-0.15, -0.1) is 12.4 Å². The van der Waals surface area contributed by atoms with Crippen LogP contribution < -0.4 is 20.5 Å². The summed E-state index contributed by atoms with van der Waals surface area (Å²) < 4.78 is 10.9. The molecule has 3 N–H and O–H groups in total. The van der Waals surface area contributed by atoms with E-state index >= 15 is 0 Å². The van der Waals surface area contributed by atoms with E-state index in [2.05, 4.69) is 12.2 Å². The lowest BCUT2D eigenvalue weighted by Crippen LogP contribution is -2.35. The monoisotopic (exact) mass is 330 g/mol. The van der Waals surface area contributed by atoms with Crippen molar-refractivity contribution in [1.29, 1.82) is 0 Å². The lowest BCUT2D eigenvalue weighted by atomic mass is 10.1. The molecule has 0 radical (unpaired) electrons. The van der Waals surface area contributed by atoms with Gasteiger partial charge in [-0.3, -0.25) is 4.79 Å². The maximum atomic E-state index is 12.1. The molecule has 0 aliphatic heterocycles. The Kier molecular flexibility index (Phi) is 10.4. The van der Waals surface area contributed by atoms with Gasteiger partial charge in [0.1, 0.15) is 11.5 Å². The molecular formula is C16H27ClN2O3. The first-order valence-corrected chi connectivity index (χ1v) is 7.49. The van der Waals surface area contributed by atoms with Crippen LogP contribution >= 0.6 is 12.4 Å². The molecule has 126 valence electrons. The number of hydrogen-bond acceptors (Lipinski definition) is 4. The predicted molar refractivity (Wildman–Crippen MR) is 92.2 cm³/mol. The van der Waals surface area contributed by atoms with Gasteiger partial charge in [-0.25, -0.2) is 0 Å². The van der Waals surface area contributed by atoms with Crippen LogP contribution in [0.2, 0.25) is 0 Å². The Bertz CT molecular complexity index is 455. The van der Waals surface area contributed by atoms with E-state index in [4.69, 9.17) is 15.2 Å². The van der Waals surface area contributed by atoms with E-state index in [0.717, 1.165) is 19.3 Å². The lowest BCUT2D eigenvalue weighted by molar-refractivity contribution is -0.117. The van der Waals surface area contributed by atoms with Crippen molar-refractivity contribution in [3.05, 3.63) is 18.2 Å². The molecule has 0 fully saturated rings. The Morgan fingerprint density at radius 3 is 2.64 bits per heavy atom. The predicted octanol–water partition coefficient (Wildman–Crippen LogP) is 3.36. The van der Waals surface area contributed by atoms with Gasteiger partial charge in [0.15, 0.2) is 0 Å². The van der Waals surface area contributed by atoms with Crippen molar-refractivity contribution in [2.24, 2.45) is 5.73 Å². The molecule has 1 aromatic rings. The van der Waals surface area contributed by atoms with E-state index in [0.29, 0.717) is 30.2 Å². The highest BCUT2D eigenvalue weighted by molar-refractivity contribution is 5.96. The second kappa shape index (κ2) is 11.2. The zero-order valence-electron chi connectivity index (χ0n) is 13.6. The minimum absolute atomic E-state index is 0. The molecule has 22 heavy (non-hydrogen) atoms. The van der Waals surface area contributed by atoms with Crippen molar-refractivity contribution >= 4 is 24.0 Å². The van der Waals surface area contributed by atoms with Crippen molar-refractivity contribution in [3.8, 4) is 11.5 Å². The van der Waals surface area contributed by atoms with Crippen molar-refractivity contribution in [3.63, 3.8) is 0 Å². The first-order valence-electron chi connectivity index (χ1n) is 7.49. The Morgan fingerprint density at radius 1 is 1.32 bits per heavy atom. The second-order valence-electron chi connectivity index (χ2n) is 4.95. The summed E-state index contributed by atoms with van der Waals surface area (Å²) in [6.07, 6.45) is 3.54. The summed E-state index contributed by atoms with van der Waals surface area (Å²) in [6, 6.07) is 4.85. The highest BCUT2D eigenvalue weighted by Crippen LogP contribution is 2.29. The molecule has 0 saturated heterocycles. The maximum absolute atomic E-state index is 12.1.